The van der Waals surface area contributed by atoms with Crippen molar-refractivity contribution < 1.29 is 14.6 Å². The van der Waals surface area contributed by atoms with Gasteiger partial charge in [0.05, 0.1) is 13.2 Å². The number of aliphatic hydroxyl groups is 1. The van der Waals surface area contributed by atoms with Gasteiger partial charge in [0.1, 0.15) is 6.61 Å². The fourth-order valence-electron chi connectivity index (χ4n) is 2.86. The Morgan fingerprint density at radius 2 is 1.71 bits per heavy atom. The second-order valence-corrected chi connectivity index (χ2v) is 6.83. The standard InChI is InChI=1S/C23H24ClNO3/c1-27-23-13-17(14-25-15-21(26)18-7-3-2-4-8-18)11-12-22(23)28-16-19-9-5-6-10-20(19)24/h2-13,21,25-26H,14-16H2,1H3/t21-/m1/s1. The zero-order valence-electron chi connectivity index (χ0n) is 15.8. The lowest BCUT2D eigenvalue weighted by Gasteiger charge is -2.14. The molecule has 28 heavy (non-hydrogen) atoms. The molecule has 0 saturated carbocycles. The topological polar surface area (TPSA) is 50.7 Å². The highest BCUT2D eigenvalue weighted by Crippen LogP contribution is 2.29. The molecule has 0 aliphatic carbocycles. The van der Waals surface area contributed by atoms with Gasteiger partial charge in [-0.1, -0.05) is 66.2 Å². The number of hydrogen-bond donors (Lipinski definition) is 2. The molecule has 4 nitrogen and oxygen atoms in total. The molecule has 0 radical (unpaired) electrons. The average molecular weight is 398 g/mol. The number of methoxy groups -OCH3 is 1. The summed E-state index contributed by atoms with van der Waals surface area (Å²) in [6.45, 7) is 1.46. The summed E-state index contributed by atoms with van der Waals surface area (Å²) in [5.41, 5.74) is 2.87. The molecule has 0 aromatic heterocycles. The molecule has 1 atom stereocenters. The van der Waals surface area contributed by atoms with E-state index >= 15 is 0 Å². The molecule has 3 rings (SSSR count). The Morgan fingerprint density at radius 3 is 2.46 bits per heavy atom. The molecule has 0 aliphatic heterocycles. The van der Waals surface area contributed by atoms with Crippen molar-refractivity contribution in [1.82, 2.24) is 5.32 Å². The summed E-state index contributed by atoms with van der Waals surface area (Å²) in [6, 6.07) is 23.0. The van der Waals surface area contributed by atoms with E-state index in [1.54, 1.807) is 7.11 Å². The van der Waals surface area contributed by atoms with Crippen molar-refractivity contribution in [3.05, 3.63) is 94.5 Å². The summed E-state index contributed by atoms with van der Waals surface area (Å²) >= 11 is 6.18. The van der Waals surface area contributed by atoms with Crippen molar-refractivity contribution in [2.75, 3.05) is 13.7 Å². The number of ether oxygens (including phenoxy) is 2. The second kappa shape index (κ2) is 10.1. The van der Waals surface area contributed by atoms with Gasteiger partial charge in [-0.05, 0) is 29.3 Å². The third-order valence-corrected chi connectivity index (χ3v) is 4.79. The summed E-state index contributed by atoms with van der Waals surface area (Å²) in [5.74, 6) is 1.32. The molecule has 0 aliphatic rings. The third kappa shape index (κ3) is 5.49. The number of halogens is 1. The maximum absolute atomic E-state index is 10.2. The fourth-order valence-corrected chi connectivity index (χ4v) is 3.05. The minimum Gasteiger partial charge on any atom is -0.493 e. The molecule has 0 bridgehead atoms. The maximum Gasteiger partial charge on any atom is 0.161 e. The zero-order chi connectivity index (χ0) is 19.8. The Labute approximate surface area is 170 Å². The molecule has 5 heteroatoms. The number of benzene rings is 3. The van der Waals surface area contributed by atoms with Crippen LogP contribution in [-0.2, 0) is 13.2 Å². The smallest absolute Gasteiger partial charge is 0.161 e. The Balaban J connectivity index is 1.56. The predicted octanol–water partition coefficient (Wildman–Crippen LogP) is 4.75. The molecule has 0 spiro atoms. The molecule has 3 aromatic carbocycles. The van der Waals surface area contributed by atoms with Crippen LogP contribution >= 0.6 is 11.6 Å². The number of aliphatic hydroxyl groups excluding tert-OH is 1. The van der Waals surface area contributed by atoms with Crippen molar-refractivity contribution in [3.63, 3.8) is 0 Å². The molecule has 0 fully saturated rings. The van der Waals surface area contributed by atoms with Gasteiger partial charge in [0, 0.05) is 23.7 Å². The molecule has 146 valence electrons. The van der Waals surface area contributed by atoms with E-state index in [4.69, 9.17) is 21.1 Å². The van der Waals surface area contributed by atoms with Crippen LogP contribution in [-0.4, -0.2) is 18.8 Å². The highest BCUT2D eigenvalue weighted by molar-refractivity contribution is 6.31. The Hall–Kier alpha value is -2.53. The van der Waals surface area contributed by atoms with Crippen LogP contribution < -0.4 is 14.8 Å². The van der Waals surface area contributed by atoms with Gasteiger partial charge >= 0.3 is 0 Å². The predicted molar refractivity (Wildman–Crippen MR) is 112 cm³/mol. The van der Waals surface area contributed by atoms with Crippen molar-refractivity contribution in [1.29, 1.82) is 0 Å². The molecular weight excluding hydrogens is 374 g/mol. The van der Waals surface area contributed by atoms with Crippen molar-refractivity contribution in [2.45, 2.75) is 19.3 Å². The lowest BCUT2D eigenvalue weighted by Crippen LogP contribution is -2.21. The van der Waals surface area contributed by atoms with Gasteiger partial charge in [-0.2, -0.15) is 0 Å². The lowest BCUT2D eigenvalue weighted by atomic mass is 10.1. The van der Waals surface area contributed by atoms with E-state index in [0.29, 0.717) is 36.2 Å². The van der Waals surface area contributed by atoms with Crippen molar-refractivity contribution >= 4 is 11.6 Å². The summed E-state index contributed by atoms with van der Waals surface area (Å²) in [6.07, 6.45) is -0.540. The lowest BCUT2D eigenvalue weighted by molar-refractivity contribution is 0.174. The first-order valence-corrected chi connectivity index (χ1v) is 9.52. The van der Waals surface area contributed by atoms with Crippen LogP contribution in [0.15, 0.2) is 72.8 Å². The van der Waals surface area contributed by atoms with Crippen LogP contribution in [0.1, 0.15) is 22.8 Å². The van der Waals surface area contributed by atoms with E-state index in [-0.39, 0.29) is 0 Å². The summed E-state index contributed by atoms with van der Waals surface area (Å²) in [5, 5.41) is 14.2. The van der Waals surface area contributed by atoms with Crippen molar-refractivity contribution in [3.8, 4) is 11.5 Å². The van der Waals surface area contributed by atoms with Gasteiger partial charge in [0.25, 0.3) is 0 Å². The first kappa shape index (κ1) is 20.2. The van der Waals surface area contributed by atoms with Crippen LogP contribution in [0.5, 0.6) is 11.5 Å². The van der Waals surface area contributed by atoms with Gasteiger partial charge in [-0.3, -0.25) is 0 Å². The van der Waals surface area contributed by atoms with Gasteiger partial charge in [0.15, 0.2) is 11.5 Å². The zero-order valence-corrected chi connectivity index (χ0v) is 16.5. The minimum atomic E-state index is -0.540. The number of rotatable bonds is 9. The highest BCUT2D eigenvalue weighted by atomic mass is 35.5. The average Bonchev–Trinajstić information content (AvgIpc) is 2.74. The minimum absolute atomic E-state index is 0.372. The molecule has 2 N–H and O–H groups in total. The summed E-state index contributed by atoms with van der Waals surface area (Å²) < 4.78 is 11.3. The van der Waals surface area contributed by atoms with E-state index in [2.05, 4.69) is 5.32 Å². The number of hydrogen-bond acceptors (Lipinski definition) is 4. The molecule has 3 aromatic rings. The SMILES string of the molecule is COc1cc(CNC[C@@H](O)c2ccccc2)ccc1OCc1ccccc1Cl. The van der Waals surface area contributed by atoms with E-state index in [1.165, 1.54) is 0 Å². The van der Waals surface area contributed by atoms with Crippen LogP contribution in [0.3, 0.4) is 0 Å². The second-order valence-electron chi connectivity index (χ2n) is 6.42. The van der Waals surface area contributed by atoms with E-state index in [9.17, 15) is 5.11 Å². The normalized spacial score (nSPS) is 11.8. The van der Waals surface area contributed by atoms with E-state index in [0.717, 1.165) is 16.7 Å². The van der Waals surface area contributed by atoms with Crippen LogP contribution in [0.4, 0.5) is 0 Å². The maximum atomic E-state index is 10.2. The first-order valence-electron chi connectivity index (χ1n) is 9.14. The van der Waals surface area contributed by atoms with Gasteiger partial charge < -0.3 is 19.9 Å². The van der Waals surface area contributed by atoms with Crippen LogP contribution in [0.2, 0.25) is 5.02 Å². The van der Waals surface area contributed by atoms with Gasteiger partial charge in [0.2, 0.25) is 0 Å². The van der Waals surface area contributed by atoms with E-state index in [1.807, 2.05) is 72.8 Å². The Kier molecular flexibility index (Phi) is 7.31. The largest absolute Gasteiger partial charge is 0.493 e. The third-order valence-electron chi connectivity index (χ3n) is 4.42. The van der Waals surface area contributed by atoms with Gasteiger partial charge in [-0.25, -0.2) is 0 Å². The quantitative estimate of drug-likeness (QED) is 0.547. The fraction of sp³-hybridized carbons (Fsp3) is 0.217. The Bertz CT molecular complexity index is 886. The van der Waals surface area contributed by atoms with Crippen LogP contribution in [0, 0.1) is 0 Å². The summed E-state index contributed by atoms with van der Waals surface area (Å²) in [4.78, 5) is 0. The molecule has 0 heterocycles. The molecule has 0 amide bonds. The van der Waals surface area contributed by atoms with Gasteiger partial charge in [-0.15, -0.1) is 0 Å². The molecule has 0 unspecified atom stereocenters. The first-order chi connectivity index (χ1) is 13.7. The summed E-state index contributed by atoms with van der Waals surface area (Å²) in [7, 11) is 1.62. The number of nitrogens with one attached hydrogen (secondary N) is 1. The van der Waals surface area contributed by atoms with Crippen molar-refractivity contribution in [2.24, 2.45) is 0 Å². The van der Waals surface area contributed by atoms with E-state index < -0.39 is 6.10 Å². The molecular formula is C23H24ClNO3. The highest BCUT2D eigenvalue weighted by Gasteiger charge is 2.09. The van der Waals surface area contributed by atoms with Crippen LogP contribution in [0.25, 0.3) is 0 Å². The Morgan fingerprint density at radius 1 is 0.964 bits per heavy atom. The molecule has 0 saturated heterocycles. The monoisotopic (exact) mass is 397 g/mol.